The number of nitrogens with one attached hydrogen (secondary N) is 1. The van der Waals surface area contributed by atoms with Gasteiger partial charge in [0.2, 0.25) is 0 Å². The molecule has 1 aromatic carbocycles. The smallest absolute Gasteiger partial charge is 0.193 e. The molecule has 0 aliphatic rings. The third kappa shape index (κ3) is 10.6. The van der Waals surface area contributed by atoms with Gasteiger partial charge in [-0.15, -0.1) is 0 Å². The van der Waals surface area contributed by atoms with Crippen molar-refractivity contribution in [3.8, 4) is 5.75 Å². The van der Waals surface area contributed by atoms with Crippen molar-refractivity contribution in [1.29, 1.82) is 0 Å². The standard InChI is InChI=1S/C19H33N3O3/c1-4-5-13-23-16-17-24-14-11-21-19(20-2)22(3)12-15-25-18-9-7-6-8-10-18/h6-10H,4-5,11-17H2,1-3H3,(H,20,21). The highest BCUT2D eigenvalue weighted by molar-refractivity contribution is 5.79. The summed E-state index contributed by atoms with van der Waals surface area (Å²) >= 11 is 0. The lowest BCUT2D eigenvalue weighted by atomic mass is 10.3. The molecule has 0 aromatic heterocycles. The van der Waals surface area contributed by atoms with Gasteiger partial charge in [0.1, 0.15) is 12.4 Å². The number of aliphatic imine (C=N–C) groups is 1. The molecule has 25 heavy (non-hydrogen) atoms. The fourth-order valence-corrected chi connectivity index (χ4v) is 2.11. The molecule has 0 atom stereocenters. The second-order valence-corrected chi connectivity index (χ2v) is 5.64. The van der Waals surface area contributed by atoms with Gasteiger partial charge >= 0.3 is 0 Å². The topological polar surface area (TPSA) is 55.3 Å². The van der Waals surface area contributed by atoms with Crippen molar-refractivity contribution >= 4 is 5.96 Å². The van der Waals surface area contributed by atoms with E-state index in [0.29, 0.717) is 33.0 Å². The van der Waals surface area contributed by atoms with Crippen LogP contribution in [0.1, 0.15) is 19.8 Å². The molecular formula is C19H33N3O3. The second kappa shape index (κ2) is 14.5. The first-order chi connectivity index (χ1) is 12.3. The Hall–Kier alpha value is -1.79. The fourth-order valence-electron chi connectivity index (χ4n) is 2.11. The van der Waals surface area contributed by atoms with Crippen molar-refractivity contribution in [2.24, 2.45) is 4.99 Å². The summed E-state index contributed by atoms with van der Waals surface area (Å²) in [7, 11) is 3.77. The Morgan fingerprint density at radius 3 is 2.44 bits per heavy atom. The van der Waals surface area contributed by atoms with Gasteiger partial charge in [-0.3, -0.25) is 4.99 Å². The summed E-state index contributed by atoms with van der Waals surface area (Å²) in [4.78, 5) is 6.32. The molecule has 6 nitrogen and oxygen atoms in total. The first kappa shape index (κ1) is 21.3. The lowest BCUT2D eigenvalue weighted by Crippen LogP contribution is -2.42. The van der Waals surface area contributed by atoms with Crippen molar-refractivity contribution in [3.05, 3.63) is 30.3 Å². The summed E-state index contributed by atoms with van der Waals surface area (Å²) in [6.45, 7) is 6.96. The molecular weight excluding hydrogens is 318 g/mol. The Labute approximate surface area is 152 Å². The quantitative estimate of drug-likeness (QED) is 0.336. The van der Waals surface area contributed by atoms with Gasteiger partial charge in [0, 0.05) is 27.2 Å². The van der Waals surface area contributed by atoms with Gasteiger partial charge in [0.15, 0.2) is 5.96 Å². The third-order valence-corrected chi connectivity index (χ3v) is 3.56. The Bertz CT molecular complexity index is 454. The van der Waals surface area contributed by atoms with E-state index in [1.54, 1.807) is 7.05 Å². The van der Waals surface area contributed by atoms with Crippen LogP contribution in [0.25, 0.3) is 0 Å². The minimum Gasteiger partial charge on any atom is -0.492 e. The Morgan fingerprint density at radius 2 is 1.76 bits per heavy atom. The van der Waals surface area contributed by atoms with E-state index in [9.17, 15) is 0 Å². The third-order valence-electron chi connectivity index (χ3n) is 3.56. The molecule has 0 amide bonds. The van der Waals surface area contributed by atoms with E-state index in [4.69, 9.17) is 14.2 Å². The SMILES string of the molecule is CCCCOCCOCCNC(=NC)N(C)CCOc1ccccc1. The lowest BCUT2D eigenvalue weighted by molar-refractivity contribution is 0.0486. The van der Waals surface area contributed by atoms with Gasteiger partial charge in [0.25, 0.3) is 0 Å². The highest BCUT2D eigenvalue weighted by Gasteiger charge is 2.05. The van der Waals surface area contributed by atoms with Gasteiger partial charge in [-0.05, 0) is 18.6 Å². The number of benzene rings is 1. The summed E-state index contributed by atoms with van der Waals surface area (Å²) < 4.78 is 16.7. The number of para-hydroxylation sites is 1. The van der Waals surface area contributed by atoms with Gasteiger partial charge in [-0.2, -0.15) is 0 Å². The van der Waals surface area contributed by atoms with Crippen LogP contribution in [-0.2, 0) is 9.47 Å². The van der Waals surface area contributed by atoms with Crippen molar-refractivity contribution in [1.82, 2.24) is 10.2 Å². The maximum atomic E-state index is 5.71. The molecule has 0 radical (unpaired) electrons. The zero-order valence-electron chi connectivity index (χ0n) is 15.9. The highest BCUT2D eigenvalue weighted by atomic mass is 16.5. The van der Waals surface area contributed by atoms with Crippen LogP contribution in [0.3, 0.4) is 0 Å². The number of hydrogen-bond donors (Lipinski definition) is 1. The van der Waals surface area contributed by atoms with E-state index in [0.717, 1.165) is 37.7 Å². The summed E-state index contributed by atoms with van der Waals surface area (Å²) in [6, 6.07) is 9.82. The van der Waals surface area contributed by atoms with Crippen LogP contribution < -0.4 is 10.1 Å². The Morgan fingerprint density at radius 1 is 1.04 bits per heavy atom. The monoisotopic (exact) mass is 351 g/mol. The molecule has 0 heterocycles. The second-order valence-electron chi connectivity index (χ2n) is 5.64. The maximum absolute atomic E-state index is 5.71. The molecule has 0 saturated carbocycles. The molecule has 1 N–H and O–H groups in total. The molecule has 0 bridgehead atoms. The van der Waals surface area contributed by atoms with Crippen molar-refractivity contribution in [2.45, 2.75) is 19.8 Å². The highest BCUT2D eigenvalue weighted by Crippen LogP contribution is 2.07. The zero-order chi connectivity index (χ0) is 18.2. The molecule has 0 unspecified atom stereocenters. The number of nitrogens with zero attached hydrogens (tertiary/aromatic N) is 2. The molecule has 1 rings (SSSR count). The van der Waals surface area contributed by atoms with Crippen molar-refractivity contribution in [2.75, 3.05) is 60.2 Å². The number of unbranched alkanes of at least 4 members (excludes halogenated alkanes) is 1. The summed E-state index contributed by atoms with van der Waals surface area (Å²) in [6.07, 6.45) is 2.27. The van der Waals surface area contributed by atoms with Gasteiger partial charge in [-0.1, -0.05) is 31.5 Å². The number of likely N-dealkylation sites (N-methyl/N-ethyl adjacent to an activating group) is 1. The minimum absolute atomic E-state index is 0.604. The zero-order valence-corrected chi connectivity index (χ0v) is 15.9. The Balaban J connectivity index is 2.06. The van der Waals surface area contributed by atoms with Crippen LogP contribution in [0.2, 0.25) is 0 Å². The van der Waals surface area contributed by atoms with E-state index in [1.165, 1.54) is 0 Å². The normalized spacial score (nSPS) is 11.4. The minimum atomic E-state index is 0.604. The van der Waals surface area contributed by atoms with E-state index >= 15 is 0 Å². The molecule has 0 saturated heterocycles. The summed E-state index contributed by atoms with van der Waals surface area (Å²) in [5, 5.41) is 3.28. The van der Waals surface area contributed by atoms with E-state index in [-0.39, 0.29) is 0 Å². The van der Waals surface area contributed by atoms with E-state index in [1.807, 2.05) is 42.3 Å². The van der Waals surface area contributed by atoms with Crippen molar-refractivity contribution < 1.29 is 14.2 Å². The number of hydrogen-bond acceptors (Lipinski definition) is 4. The average molecular weight is 351 g/mol. The number of rotatable bonds is 13. The van der Waals surface area contributed by atoms with Crippen LogP contribution in [0, 0.1) is 0 Å². The van der Waals surface area contributed by atoms with Crippen LogP contribution in [0.15, 0.2) is 35.3 Å². The lowest BCUT2D eigenvalue weighted by Gasteiger charge is -2.22. The molecule has 0 aliphatic carbocycles. The van der Waals surface area contributed by atoms with E-state index < -0.39 is 0 Å². The van der Waals surface area contributed by atoms with Crippen LogP contribution in [0.5, 0.6) is 5.75 Å². The molecule has 142 valence electrons. The molecule has 0 aliphatic heterocycles. The van der Waals surface area contributed by atoms with Crippen LogP contribution in [-0.4, -0.2) is 71.1 Å². The van der Waals surface area contributed by atoms with Crippen LogP contribution >= 0.6 is 0 Å². The van der Waals surface area contributed by atoms with E-state index in [2.05, 4.69) is 17.2 Å². The predicted molar refractivity (Wildman–Crippen MR) is 102 cm³/mol. The number of ether oxygens (including phenoxy) is 3. The van der Waals surface area contributed by atoms with Crippen LogP contribution in [0.4, 0.5) is 0 Å². The van der Waals surface area contributed by atoms with Gasteiger partial charge in [-0.25, -0.2) is 0 Å². The number of guanidine groups is 1. The predicted octanol–water partition coefficient (Wildman–Crippen LogP) is 2.41. The van der Waals surface area contributed by atoms with Gasteiger partial charge in [0.05, 0.1) is 26.4 Å². The summed E-state index contributed by atoms with van der Waals surface area (Å²) in [5.74, 6) is 1.72. The molecule has 6 heteroatoms. The first-order valence-electron chi connectivity index (χ1n) is 9.03. The largest absolute Gasteiger partial charge is 0.492 e. The van der Waals surface area contributed by atoms with Gasteiger partial charge < -0.3 is 24.4 Å². The maximum Gasteiger partial charge on any atom is 0.193 e. The fraction of sp³-hybridized carbons (Fsp3) is 0.632. The molecule has 0 spiro atoms. The average Bonchev–Trinajstić information content (AvgIpc) is 2.64. The Kier molecular flexibility index (Phi) is 12.4. The molecule has 1 aromatic rings. The molecule has 0 fully saturated rings. The summed E-state index contributed by atoms with van der Waals surface area (Å²) in [5.41, 5.74) is 0. The van der Waals surface area contributed by atoms with Crippen molar-refractivity contribution in [3.63, 3.8) is 0 Å². The first-order valence-corrected chi connectivity index (χ1v) is 9.03.